The van der Waals surface area contributed by atoms with Crippen LogP contribution in [0.25, 0.3) is 21.9 Å². The lowest BCUT2D eigenvalue weighted by atomic mass is 9.96. The lowest BCUT2D eigenvalue weighted by molar-refractivity contribution is 0.484. The van der Waals surface area contributed by atoms with E-state index in [4.69, 9.17) is 5.53 Å². The van der Waals surface area contributed by atoms with Gasteiger partial charge in [-0.25, -0.2) is 5.53 Å². The highest BCUT2D eigenvalue weighted by atomic mass is 32.2. The van der Waals surface area contributed by atoms with Crippen molar-refractivity contribution in [2.24, 2.45) is 5.11 Å². The molecule has 0 saturated heterocycles. The van der Waals surface area contributed by atoms with E-state index in [1.165, 1.54) is 0 Å². The van der Waals surface area contributed by atoms with Crippen molar-refractivity contribution in [3.8, 4) is 11.1 Å². The van der Waals surface area contributed by atoms with Gasteiger partial charge in [0.15, 0.2) is 0 Å². The van der Waals surface area contributed by atoms with E-state index in [9.17, 15) is 13.0 Å². The molecule has 0 atom stereocenters. The standard InChI is InChI=1S/C17H14N2O3S/c1-11-6-2-4-8-13(11)15-10-12-7-3-5-9-14(12)17(16(15)19-18)23(20,21)22/h2-10,18H,1H3,(H,20,21,22). The Balaban J connectivity index is 2.54. The Bertz CT molecular complexity index is 1030. The lowest BCUT2D eigenvalue weighted by Crippen LogP contribution is -2.01. The van der Waals surface area contributed by atoms with Crippen LogP contribution in [0.4, 0.5) is 5.69 Å². The van der Waals surface area contributed by atoms with Crippen molar-refractivity contribution in [2.75, 3.05) is 0 Å². The van der Waals surface area contributed by atoms with Crippen LogP contribution in [0.3, 0.4) is 0 Å². The third-order valence-electron chi connectivity index (χ3n) is 3.78. The Hall–Kier alpha value is -2.57. The van der Waals surface area contributed by atoms with Gasteiger partial charge in [-0.1, -0.05) is 48.5 Å². The van der Waals surface area contributed by atoms with Crippen LogP contribution < -0.4 is 0 Å². The van der Waals surface area contributed by atoms with Gasteiger partial charge in [0.25, 0.3) is 10.1 Å². The fourth-order valence-electron chi connectivity index (χ4n) is 2.76. The molecule has 3 rings (SSSR count). The molecule has 5 nitrogen and oxygen atoms in total. The van der Waals surface area contributed by atoms with Crippen LogP contribution in [0.2, 0.25) is 0 Å². The van der Waals surface area contributed by atoms with E-state index in [-0.39, 0.29) is 10.6 Å². The Kier molecular flexibility index (Phi) is 3.71. The molecule has 116 valence electrons. The Morgan fingerprint density at radius 3 is 2.30 bits per heavy atom. The number of fused-ring (bicyclic) bond motifs is 1. The van der Waals surface area contributed by atoms with Crippen molar-refractivity contribution in [1.82, 2.24) is 0 Å². The van der Waals surface area contributed by atoms with Crippen molar-refractivity contribution in [2.45, 2.75) is 11.8 Å². The molecule has 0 fully saturated rings. The van der Waals surface area contributed by atoms with Gasteiger partial charge >= 0.3 is 0 Å². The second kappa shape index (κ2) is 5.57. The number of hydrogen-bond donors (Lipinski definition) is 2. The predicted octanol–water partition coefficient (Wildman–Crippen LogP) is 4.72. The summed E-state index contributed by atoms with van der Waals surface area (Å²) in [7, 11) is -4.53. The molecule has 0 bridgehead atoms. The summed E-state index contributed by atoms with van der Waals surface area (Å²) in [5.74, 6) is 0. The van der Waals surface area contributed by atoms with Crippen molar-refractivity contribution in [1.29, 1.82) is 5.53 Å². The van der Waals surface area contributed by atoms with E-state index in [0.717, 1.165) is 11.1 Å². The molecule has 0 amide bonds. The average molecular weight is 326 g/mol. The number of aryl methyl sites for hydroxylation is 1. The molecule has 0 spiro atoms. The van der Waals surface area contributed by atoms with E-state index in [1.54, 1.807) is 30.3 Å². The summed E-state index contributed by atoms with van der Waals surface area (Å²) < 4.78 is 33.5. The SMILES string of the molecule is Cc1ccccc1-c1cc2ccccc2c(S(=O)(=O)O)c1N=N. The zero-order valence-electron chi connectivity index (χ0n) is 12.3. The number of rotatable bonds is 3. The number of hydrogen-bond acceptors (Lipinski definition) is 4. The van der Waals surface area contributed by atoms with E-state index in [1.807, 2.05) is 31.2 Å². The van der Waals surface area contributed by atoms with Gasteiger partial charge in [0.2, 0.25) is 0 Å². The second-order valence-corrected chi connectivity index (χ2v) is 6.58. The van der Waals surface area contributed by atoms with Crippen LogP contribution in [0, 0.1) is 12.5 Å². The number of nitrogens with zero attached hydrogens (tertiary/aromatic N) is 1. The van der Waals surface area contributed by atoms with Gasteiger partial charge in [-0.05, 0) is 29.5 Å². The summed E-state index contributed by atoms with van der Waals surface area (Å²) in [6.07, 6.45) is 0. The predicted molar refractivity (Wildman–Crippen MR) is 88.7 cm³/mol. The van der Waals surface area contributed by atoms with Crippen molar-refractivity contribution >= 4 is 26.6 Å². The molecule has 0 saturated carbocycles. The maximum Gasteiger partial charge on any atom is 0.297 e. The average Bonchev–Trinajstić information content (AvgIpc) is 2.52. The third kappa shape index (κ3) is 2.62. The van der Waals surface area contributed by atoms with Crippen LogP contribution >= 0.6 is 0 Å². The highest BCUT2D eigenvalue weighted by Crippen LogP contribution is 2.42. The van der Waals surface area contributed by atoms with E-state index < -0.39 is 10.1 Å². The molecule has 2 N–H and O–H groups in total. The first kappa shape index (κ1) is 15.3. The van der Waals surface area contributed by atoms with Crippen LogP contribution in [-0.4, -0.2) is 13.0 Å². The quantitative estimate of drug-likeness (QED) is 0.538. The summed E-state index contributed by atoms with van der Waals surface area (Å²) in [6.45, 7) is 1.89. The Labute approximate surface area is 133 Å². The van der Waals surface area contributed by atoms with Gasteiger partial charge in [-0.3, -0.25) is 4.55 Å². The van der Waals surface area contributed by atoms with Crippen LogP contribution in [0.15, 0.2) is 64.6 Å². The third-order valence-corrected chi connectivity index (χ3v) is 4.71. The summed E-state index contributed by atoms with van der Waals surface area (Å²) in [4.78, 5) is -0.330. The van der Waals surface area contributed by atoms with Gasteiger partial charge in [-0.2, -0.15) is 13.5 Å². The Morgan fingerprint density at radius 1 is 1.00 bits per heavy atom. The number of nitrogens with one attached hydrogen (secondary N) is 1. The molecule has 0 aliphatic rings. The topological polar surface area (TPSA) is 90.6 Å². The smallest absolute Gasteiger partial charge is 0.282 e. The zero-order chi connectivity index (χ0) is 16.6. The van der Waals surface area contributed by atoms with Gasteiger partial charge in [0, 0.05) is 10.9 Å². The van der Waals surface area contributed by atoms with Gasteiger partial charge < -0.3 is 0 Å². The van der Waals surface area contributed by atoms with Gasteiger partial charge in [-0.15, -0.1) is 0 Å². The molecule has 0 aliphatic heterocycles. The molecule has 3 aromatic rings. The fourth-order valence-corrected chi connectivity index (χ4v) is 3.62. The lowest BCUT2D eigenvalue weighted by Gasteiger charge is -2.14. The first-order chi connectivity index (χ1) is 10.9. The van der Waals surface area contributed by atoms with Crippen molar-refractivity contribution in [3.05, 3.63) is 60.2 Å². The summed E-state index contributed by atoms with van der Waals surface area (Å²) in [5.41, 5.74) is 9.60. The molecule has 0 aromatic heterocycles. The van der Waals surface area contributed by atoms with E-state index in [0.29, 0.717) is 16.3 Å². The van der Waals surface area contributed by atoms with Crippen LogP contribution in [0.5, 0.6) is 0 Å². The zero-order valence-corrected chi connectivity index (χ0v) is 13.1. The monoisotopic (exact) mass is 326 g/mol. The molecular formula is C17H14N2O3S. The summed E-state index contributed by atoms with van der Waals surface area (Å²) in [5, 5.41) is 4.42. The maximum atomic E-state index is 11.9. The minimum Gasteiger partial charge on any atom is -0.282 e. The second-order valence-electron chi connectivity index (χ2n) is 5.22. The van der Waals surface area contributed by atoms with Crippen LogP contribution in [-0.2, 0) is 10.1 Å². The minimum atomic E-state index is -4.53. The van der Waals surface area contributed by atoms with Crippen LogP contribution in [0.1, 0.15) is 5.56 Å². The Morgan fingerprint density at radius 2 is 1.65 bits per heavy atom. The molecule has 3 aromatic carbocycles. The summed E-state index contributed by atoms with van der Waals surface area (Å²) in [6, 6.07) is 16.0. The first-order valence-corrected chi connectivity index (χ1v) is 8.34. The molecule has 0 unspecified atom stereocenters. The molecular weight excluding hydrogens is 312 g/mol. The summed E-state index contributed by atoms with van der Waals surface area (Å²) >= 11 is 0. The van der Waals surface area contributed by atoms with E-state index in [2.05, 4.69) is 5.11 Å². The molecule has 6 heteroatoms. The van der Waals surface area contributed by atoms with Gasteiger partial charge in [0.1, 0.15) is 10.6 Å². The minimum absolute atomic E-state index is 0.0551. The molecule has 0 aliphatic carbocycles. The normalized spacial score (nSPS) is 11.6. The molecule has 0 radical (unpaired) electrons. The van der Waals surface area contributed by atoms with Crippen molar-refractivity contribution < 1.29 is 13.0 Å². The highest BCUT2D eigenvalue weighted by Gasteiger charge is 2.24. The maximum absolute atomic E-state index is 11.9. The van der Waals surface area contributed by atoms with Gasteiger partial charge in [0.05, 0.1) is 0 Å². The number of benzene rings is 3. The fraction of sp³-hybridized carbons (Fsp3) is 0.0588. The highest BCUT2D eigenvalue weighted by molar-refractivity contribution is 7.86. The van der Waals surface area contributed by atoms with E-state index >= 15 is 0 Å². The first-order valence-electron chi connectivity index (χ1n) is 6.90. The molecule has 23 heavy (non-hydrogen) atoms. The largest absolute Gasteiger partial charge is 0.297 e. The molecule has 0 heterocycles. The van der Waals surface area contributed by atoms with Crippen molar-refractivity contribution in [3.63, 3.8) is 0 Å².